The third-order valence-electron chi connectivity index (χ3n) is 4.95. The maximum absolute atomic E-state index is 4.54. The van der Waals surface area contributed by atoms with Crippen LogP contribution in [0.4, 0.5) is 5.69 Å². The van der Waals surface area contributed by atoms with E-state index >= 15 is 0 Å². The Hall–Kier alpha value is -2.41. The highest BCUT2D eigenvalue weighted by Gasteiger charge is 2.30. The van der Waals surface area contributed by atoms with Crippen molar-refractivity contribution < 1.29 is 0 Å². The van der Waals surface area contributed by atoms with Crippen LogP contribution in [0.25, 0.3) is 11.0 Å². The number of aromatic nitrogens is 5. The second-order valence-electron chi connectivity index (χ2n) is 6.30. The molecular formula is C17H23N7. The fourth-order valence-electron chi connectivity index (χ4n) is 3.76. The van der Waals surface area contributed by atoms with E-state index in [-0.39, 0.29) is 6.04 Å². The molecule has 1 saturated heterocycles. The topological polar surface area (TPSA) is 65.9 Å². The van der Waals surface area contributed by atoms with Gasteiger partial charge in [0.05, 0.1) is 22.8 Å². The van der Waals surface area contributed by atoms with E-state index in [0.717, 1.165) is 48.7 Å². The average molecular weight is 325 g/mol. The normalized spacial score (nSPS) is 19.3. The number of piperazine rings is 1. The van der Waals surface area contributed by atoms with Crippen molar-refractivity contribution in [3.63, 3.8) is 0 Å². The largest absolute Gasteiger partial charge is 0.368 e. The number of nitrogens with zero attached hydrogens (tertiary/aromatic N) is 6. The van der Waals surface area contributed by atoms with Gasteiger partial charge in [-0.3, -0.25) is 9.58 Å². The highest BCUT2D eigenvalue weighted by Crippen LogP contribution is 2.32. The number of likely N-dealkylation sites (N-methyl/N-ethyl adjacent to an activating group) is 1. The summed E-state index contributed by atoms with van der Waals surface area (Å²) in [4.78, 5) is 17.2. The molecule has 4 rings (SSSR count). The van der Waals surface area contributed by atoms with Crippen molar-refractivity contribution in [2.45, 2.75) is 19.9 Å². The van der Waals surface area contributed by atoms with Crippen molar-refractivity contribution in [3.8, 4) is 0 Å². The minimum absolute atomic E-state index is 0.277. The number of hydrogen-bond donors (Lipinski definition) is 1. The third kappa shape index (κ3) is 2.36. The summed E-state index contributed by atoms with van der Waals surface area (Å²) < 4.78 is 1.86. The third-order valence-corrected chi connectivity index (χ3v) is 4.95. The van der Waals surface area contributed by atoms with Crippen LogP contribution in [-0.4, -0.2) is 55.8 Å². The summed E-state index contributed by atoms with van der Waals surface area (Å²) in [6, 6.07) is 2.39. The Balaban J connectivity index is 1.73. The van der Waals surface area contributed by atoms with Gasteiger partial charge in [0.1, 0.15) is 5.82 Å². The van der Waals surface area contributed by atoms with Gasteiger partial charge >= 0.3 is 0 Å². The number of nitrogens with one attached hydrogen (secondary N) is 1. The maximum atomic E-state index is 4.54. The molecule has 3 aromatic heterocycles. The van der Waals surface area contributed by atoms with E-state index < -0.39 is 0 Å². The first-order valence-electron chi connectivity index (χ1n) is 8.45. The monoisotopic (exact) mass is 325 g/mol. The molecule has 126 valence electrons. The van der Waals surface area contributed by atoms with E-state index in [9.17, 15) is 0 Å². The SMILES string of the molecule is CCN1CCN(c2ccnc3c2c(C)nn3C)C[C@@H]1c1ncc[nH]1. The number of hydrogen-bond acceptors (Lipinski definition) is 5. The average Bonchev–Trinajstić information content (AvgIpc) is 3.23. The van der Waals surface area contributed by atoms with Crippen molar-refractivity contribution in [1.82, 2.24) is 29.6 Å². The predicted molar refractivity (Wildman–Crippen MR) is 94.0 cm³/mol. The van der Waals surface area contributed by atoms with E-state index in [0.29, 0.717) is 0 Å². The van der Waals surface area contributed by atoms with Crippen LogP contribution in [0, 0.1) is 6.92 Å². The number of anilines is 1. The van der Waals surface area contributed by atoms with Crippen molar-refractivity contribution >= 4 is 16.7 Å². The molecule has 0 spiro atoms. The van der Waals surface area contributed by atoms with Gasteiger partial charge in [0.25, 0.3) is 0 Å². The summed E-state index contributed by atoms with van der Waals surface area (Å²) in [5.41, 5.74) is 3.19. The first-order chi connectivity index (χ1) is 11.7. The van der Waals surface area contributed by atoms with E-state index in [4.69, 9.17) is 0 Å². The summed E-state index contributed by atoms with van der Waals surface area (Å²) in [5.74, 6) is 1.04. The van der Waals surface area contributed by atoms with Gasteiger partial charge in [0, 0.05) is 45.3 Å². The van der Waals surface area contributed by atoms with Gasteiger partial charge in [-0.25, -0.2) is 9.97 Å². The molecule has 0 radical (unpaired) electrons. The Morgan fingerprint density at radius 2 is 2.12 bits per heavy atom. The molecule has 1 N–H and O–H groups in total. The van der Waals surface area contributed by atoms with Crippen LogP contribution < -0.4 is 4.90 Å². The van der Waals surface area contributed by atoms with Crippen LogP contribution in [0.2, 0.25) is 0 Å². The first-order valence-corrected chi connectivity index (χ1v) is 8.45. The Bertz CT molecular complexity index is 836. The first kappa shape index (κ1) is 15.1. The molecule has 0 unspecified atom stereocenters. The van der Waals surface area contributed by atoms with Crippen LogP contribution in [0.1, 0.15) is 24.5 Å². The second kappa shape index (κ2) is 5.90. The molecular weight excluding hydrogens is 302 g/mol. The lowest BCUT2D eigenvalue weighted by Gasteiger charge is -2.41. The summed E-state index contributed by atoms with van der Waals surface area (Å²) in [6.07, 6.45) is 5.61. The lowest BCUT2D eigenvalue weighted by Crippen LogP contribution is -2.48. The lowest BCUT2D eigenvalue weighted by atomic mass is 10.1. The molecule has 1 atom stereocenters. The number of aryl methyl sites for hydroxylation is 2. The summed E-state index contributed by atoms with van der Waals surface area (Å²) in [7, 11) is 1.95. The predicted octanol–water partition coefficient (Wildman–Crippen LogP) is 1.88. The van der Waals surface area contributed by atoms with Crippen LogP contribution >= 0.6 is 0 Å². The van der Waals surface area contributed by atoms with Gasteiger partial charge < -0.3 is 9.88 Å². The molecule has 3 aromatic rings. The molecule has 1 aliphatic heterocycles. The maximum Gasteiger partial charge on any atom is 0.159 e. The standard InChI is InChI=1S/C17H23N7/c1-4-23-9-10-24(11-14(23)16-18-7-8-19-16)13-5-6-20-17-15(13)12(2)21-22(17)3/h5-8,14H,4,9-11H2,1-3H3,(H,18,19)/t14-/m1/s1. The van der Waals surface area contributed by atoms with Crippen LogP contribution in [0.5, 0.6) is 0 Å². The highest BCUT2D eigenvalue weighted by molar-refractivity contribution is 5.92. The lowest BCUT2D eigenvalue weighted by molar-refractivity contribution is 0.181. The van der Waals surface area contributed by atoms with E-state index in [2.05, 4.69) is 49.8 Å². The second-order valence-corrected chi connectivity index (χ2v) is 6.30. The van der Waals surface area contributed by atoms with Crippen LogP contribution in [0.3, 0.4) is 0 Å². The summed E-state index contributed by atoms with van der Waals surface area (Å²) in [6.45, 7) is 8.22. The number of fused-ring (bicyclic) bond motifs is 1. The van der Waals surface area contributed by atoms with Crippen molar-refractivity contribution in [2.75, 3.05) is 31.1 Å². The van der Waals surface area contributed by atoms with Crippen LogP contribution in [0.15, 0.2) is 24.7 Å². The number of H-pyrrole nitrogens is 1. The number of imidazole rings is 1. The number of aromatic amines is 1. The fourth-order valence-corrected chi connectivity index (χ4v) is 3.76. The van der Waals surface area contributed by atoms with E-state index in [1.54, 1.807) is 0 Å². The summed E-state index contributed by atoms with van der Waals surface area (Å²) >= 11 is 0. The molecule has 4 heterocycles. The molecule has 1 aliphatic rings. The molecule has 1 fully saturated rings. The van der Waals surface area contributed by atoms with Gasteiger partial charge in [-0.2, -0.15) is 5.10 Å². The molecule has 0 aliphatic carbocycles. The van der Waals surface area contributed by atoms with Gasteiger partial charge in [-0.15, -0.1) is 0 Å². The zero-order valence-corrected chi connectivity index (χ0v) is 14.4. The number of rotatable bonds is 3. The van der Waals surface area contributed by atoms with Gasteiger partial charge in [-0.05, 0) is 19.5 Å². The zero-order chi connectivity index (χ0) is 16.7. The smallest absolute Gasteiger partial charge is 0.159 e. The molecule has 0 amide bonds. The molecule has 0 saturated carbocycles. The van der Waals surface area contributed by atoms with Crippen LogP contribution in [-0.2, 0) is 7.05 Å². The van der Waals surface area contributed by atoms with Gasteiger partial charge in [0.2, 0.25) is 0 Å². The Morgan fingerprint density at radius 1 is 1.25 bits per heavy atom. The quantitative estimate of drug-likeness (QED) is 0.796. The van der Waals surface area contributed by atoms with E-state index in [1.807, 2.05) is 30.3 Å². The minimum Gasteiger partial charge on any atom is -0.368 e. The van der Waals surface area contributed by atoms with Gasteiger partial charge in [-0.1, -0.05) is 6.92 Å². The Morgan fingerprint density at radius 3 is 2.88 bits per heavy atom. The van der Waals surface area contributed by atoms with Gasteiger partial charge in [0.15, 0.2) is 5.65 Å². The fraction of sp³-hybridized carbons (Fsp3) is 0.471. The summed E-state index contributed by atoms with van der Waals surface area (Å²) in [5, 5.41) is 5.70. The van der Waals surface area contributed by atoms with Crippen molar-refractivity contribution in [2.24, 2.45) is 7.05 Å². The molecule has 7 heteroatoms. The molecule has 0 bridgehead atoms. The molecule has 0 aromatic carbocycles. The molecule has 7 nitrogen and oxygen atoms in total. The van der Waals surface area contributed by atoms with E-state index in [1.165, 1.54) is 5.69 Å². The van der Waals surface area contributed by atoms with Crippen molar-refractivity contribution in [3.05, 3.63) is 36.2 Å². The van der Waals surface area contributed by atoms with Crippen molar-refractivity contribution in [1.29, 1.82) is 0 Å². The zero-order valence-electron chi connectivity index (χ0n) is 14.4. The highest BCUT2D eigenvalue weighted by atomic mass is 15.3. The Kier molecular flexibility index (Phi) is 3.72. The number of pyridine rings is 1. The Labute approximate surface area is 141 Å². The molecule has 24 heavy (non-hydrogen) atoms. The minimum atomic E-state index is 0.277.